The van der Waals surface area contributed by atoms with Crippen LogP contribution in [-0.4, -0.2) is 59.6 Å². The number of aromatic nitrogens is 1. The zero-order valence-corrected chi connectivity index (χ0v) is 22.9. The molecule has 200 valence electrons. The number of carbonyl (C=O) groups excluding carboxylic acids is 2. The highest BCUT2D eigenvalue weighted by atomic mass is 35.5. The summed E-state index contributed by atoms with van der Waals surface area (Å²) in [6.45, 7) is 5.42. The number of rotatable bonds is 7. The Morgan fingerprint density at radius 2 is 1.84 bits per heavy atom. The van der Waals surface area contributed by atoms with Gasteiger partial charge in [-0.05, 0) is 51.0 Å². The summed E-state index contributed by atoms with van der Waals surface area (Å²) in [6.07, 6.45) is 1.28. The number of nitrogens with zero attached hydrogens (tertiary/aromatic N) is 2. The molecule has 1 saturated heterocycles. The number of nitrogens with one attached hydrogen (secondary N) is 1. The molecule has 5 rings (SSSR count). The van der Waals surface area contributed by atoms with Gasteiger partial charge in [-0.15, -0.1) is 11.3 Å². The Bertz CT molecular complexity index is 1300. The van der Waals surface area contributed by atoms with Crippen LogP contribution in [0.15, 0.2) is 53.9 Å². The molecule has 1 unspecified atom stereocenters. The van der Waals surface area contributed by atoms with Gasteiger partial charge in [0.15, 0.2) is 17.1 Å². The van der Waals surface area contributed by atoms with Crippen LogP contribution in [-0.2, 0) is 4.79 Å². The molecule has 2 amide bonds. The van der Waals surface area contributed by atoms with Gasteiger partial charge in [-0.1, -0.05) is 35.9 Å². The fraction of sp³-hybridized carbons (Fsp3) is 0.393. The van der Waals surface area contributed by atoms with E-state index in [9.17, 15) is 9.59 Å². The summed E-state index contributed by atoms with van der Waals surface area (Å²) in [5.41, 5.74) is -0.644. The van der Waals surface area contributed by atoms with Gasteiger partial charge in [-0.25, -0.2) is 4.98 Å². The van der Waals surface area contributed by atoms with Gasteiger partial charge < -0.3 is 24.4 Å². The van der Waals surface area contributed by atoms with Crippen molar-refractivity contribution in [3.63, 3.8) is 0 Å². The van der Waals surface area contributed by atoms with Crippen LogP contribution in [0, 0.1) is 0 Å². The minimum absolute atomic E-state index is 0.0772. The first kappa shape index (κ1) is 26.3. The SMILES string of the molecule is CC(C)(Oc1ccccc1Cl)C(=O)N1CCC(c2nc(C(=O)NCC3COc4ccccc4O3)cs2)CC1. The molecule has 10 heteroatoms. The van der Waals surface area contributed by atoms with E-state index in [1.165, 1.54) is 11.3 Å². The van der Waals surface area contributed by atoms with Crippen molar-refractivity contribution in [3.05, 3.63) is 69.6 Å². The Morgan fingerprint density at radius 1 is 1.13 bits per heavy atom. The first-order valence-electron chi connectivity index (χ1n) is 12.6. The molecule has 0 bridgehead atoms. The van der Waals surface area contributed by atoms with E-state index >= 15 is 0 Å². The van der Waals surface area contributed by atoms with Crippen LogP contribution >= 0.6 is 22.9 Å². The second kappa shape index (κ2) is 11.2. The average Bonchev–Trinajstić information content (AvgIpc) is 3.43. The number of para-hydroxylation sites is 3. The molecule has 0 radical (unpaired) electrons. The monoisotopic (exact) mass is 555 g/mol. The van der Waals surface area contributed by atoms with Gasteiger partial charge in [-0.3, -0.25) is 9.59 Å². The topological polar surface area (TPSA) is 90.0 Å². The van der Waals surface area contributed by atoms with Gasteiger partial charge in [0.2, 0.25) is 0 Å². The minimum Gasteiger partial charge on any atom is -0.486 e. The van der Waals surface area contributed by atoms with Gasteiger partial charge >= 0.3 is 0 Å². The van der Waals surface area contributed by atoms with Gasteiger partial charge in [0.1, 0.15) is 24.2 Å². The van der Waals surface area contributed by atoms with E-state index in [-0.39, 0.29) is 23.8 Å². The molecule has 8 nitrogen and oxygen atoms in total. The molecule has 3 heterocycles. The molecular formula is C28H30ClN3O5S. The van der Waals surface area contributed by atoms with E-state index < -0.39 is 5.60 Å². The molecule has 0 spiro atoms. The lowest BCUT2D eigenvalue weighted by Gasteiger charge is -2.36. The van der Waals surface area contributed by atoms with E-state index in [1.807, 2.05) is 41.3 Å². The number of likely N-dealkylation sites (tertiary alicyclic amines) is 1. The van der Waals surface area contributed by atoms with Crippen LogP contribution in [0.2, 0.25) is 5.02 Å². The third kappa shape index (κ3) is 5.89. The van der Waals surface area contributed by atoms with E-state index in [1.54, 1.807) is 31.4 Å². The number of hydrogen-bond acceptors (Lipinski definition) is 7. The quantitative estimate of drug-likeness (QED) is 0.444. The highest BCUT2D eigenvalue weighted by Crippen LogP contribution is 2.33. The number of fused-ring (bicyclic) bond motifs is 1. The number of carbonyl (C=O) groups is 2. The molecule has 1 aromatic heterocycles. The van der Waals surface area contributed by atoms with Crippen LogP contribution in [0.25, 0.3) is 0 Å². The summed E-state index contributed by atoms with van der Waals surface area (Å²) in [5.74, 6) is 1.77. The zero-order chi connectivity index (χ0) is 26.7. The molecule has 1 N–H and O–H groups in total. The molecule has 0 aliphatic carbocycles. The maximum atomic E-state index is 13.2. The molecule has 2 aliphatic rings. The van der Waals surface area contributed by atoms with Crippen molar-refractivity contribution in [2.24, 2.45) is 0 Å². The second-order valence-electron chi connectivity index (χ2n) is 9.89. The lowest BCUT2D eigenvalue weighted by atomic mass is 9.96. The lowest BCUT2D eigenvalue weighted by molar-refractivity contribution is -0.146. The molecule has 3 aromatic rings. The number of hydrogen-bond donors (Lipinski definition) is 1. The summed E-state index contributed by atoms with van der Waals surface area (Å²) in [7, 11) is 0. The highest BCUT2D eigenvalue weighted by molar-refractivity contribution is 7.09. The molecule has 38 heavy (non-hydrogen) atoms. The fourth-order valence-corrected chi connectivity index (χ4v) is 5.74. The summed E-state index contributed by atoms with van der Waals surface area (Å²) in [6, 6.07) is 14.6. The van der Waals surface area contributed by atoms with Crippen molar-refractivity contribution in [1.29, 1.82) is 0 Å². The normalized spacial score (nSPS) is 17.7. The van der Waals surface area contributed by atoms with Gasteiger partial charge in [-0.2, -0.15) is 0 Å². The summed E-state index contributed by atoms with van der Waals surface area (Å²) in [5, 5.41) is 6.08. The number of thiazole rings is 1. The third-order valence-corrected chi connectivity index (χ3v) is 7.98. The molecule has 1 atom stereocenters. The molecule has 1 fully saturated rings. The summed E-state index contributed by atoms with van der Waals surface area (Å²) in [4.78, 5) is 32.4. The largest absolute Gasteiger partial charge is 0.486 e. The van der Waals surface area contributed by atoms with Gasteiger partial charge in [0.05, 0.1) is 16.6 Å². The van der Waals surface area contributed by atoms with Crippen LogP contribution in [0.1, 0.15) is 48.1 Å². The maximum absolute atomic E-state index is 13.2. The van der Waals surface area contributed by atoms with E-state index in [2.05, 4.69) is 10.3 Å². The lowest BCUT2D eigenvalue weighted by Crippen LogP contribution is -2.51. The first-order chi connectivity index (χ1) is 18.3. The maximum Gasteiger partial charge on any atom is 0.270 e. The molecule has 2 aromatic carbocycles. The summed E-state index contributed by atoms with van der Waals surface area (Å²) < 4.78 is 17.6. The third-order valence-electron chi connectivity index (χ3n) is 6.66. The Kier molecular flexibility index (Phi) is 7.76. The van der Waals surface area contributed by atoms with Gasteiger partial charge in [0, 0.05) is 24.4 Å². The Labute approximate surface area is 230 Å². The minimum atomic E-state index is -1.04. The number of amides is 2. The molecule has 0 saturated carbocycles. The molecule has 2 aliphatic heterocycles. The highest BCUT2D eigenvalue weighted by Gasteiger charge is 2.37. The zero-order valence-electron chi connectivity index (χ0n) is 21.3. The number of ether oxygens (including phenoxy) is 3. The van der Waals surface area contributed by atoms with Gasteiger partial charge in [0.25, 0.3) is 11.8 Å². The first-order valence-corrected chi connectivity index (χ1v) is 13.9. The second-order valence-corrected chi connectivity index (χ2v) is 11.2. The summed E-state index contributed by atoms with van der Waals surface area (Å²) >= 11 is 7.70. The van der Waals surface area contributed by atoms with Crippen molar-refractivity contribution in [2.75, 3.05) is 26.2 Å². The van der Waals surface area contributed by atoms with Crippen molar-refractivity contribution in [1.82, 2.24) is 15.2 Å². The number of halogens is 1. The predicted molar refractivity (Wildman–Crippen MR) is 146 cm³/mol. The van der Waals surface area contributed by atoms with Crippen LogP contribution in [0.4, 0.5) is 0 Å². The van der Waals surface area contributed by atoms with Crippen LogP contribution < -0.4 is 19.5 Å². The smallest absolute Gasteiger partial charge is 0.270 e. The van der Waals surface area contributed by atoms with Crippen molar-refractivity contribution in [3.8, 4) is 17.2 Å². The standard InChI is InChI=1S/C28H30ClN3O5S/c1-28(2,37-22-8-4-3-7-20(22)29)27(34)32-13-11-18(12-14-32)26-31-21(17-38-26)25(33)30-15-19-16-35-23-9-5-6-10-24(23)36-19/h3-10,17-19H,11-16H2,1-2H3,(H,30,33). The fourth-order valence-electron chi connectivity index (χ4n) is 4.60. The van der Waals surface area contributed by atoms with E-state index in [4.69, 9.17) is 25.8 Å². The van der Waals surface area contributed by atoms with E-state index in [0.29, 0.717) is 54.2 Å². The molecular weight excluding hydrogens is 526 g/mol. The van der Waals surface area contributed by atoms with Crippen molar-refractivity contribution < 1.29 is 23.8 Å². The Morgan fingerprint density at radius 3 is 2.61 bits per heavy atom. The van der Waals surface area contributed by atoms with Crippen molar-refractivity contribution in [2.45, 2.75) is 44.3 Å². The average molecular weight is 556 g/mol. The predicted octanol–water partition coefficient (Wildman–Crippen LogP) is 4.93. The van der Waals surface area contributed by atoms with Crippen LogP contribution in [0.3, 0.4) is 0 Å². The number of benzene rings is 2. The van der Waals surface area contributed by atoms with Crippen LogP contribution in [0.5, 0.6) is 17.2 Å². The number of piperidine rings is 1. The Balaban J connectivity index is 1.11. The van der Waals surface area contributed by atoms with Crippen molar-refractivity contribution >= 4 is 34.8 Å². The van der Waals surface area contributed by atoms with E-state index in [0.717, 1.165) is 17.8 Å². The Hall–Kier alpha value is -3.30.